The number of carboxylic acids is 1. The Hall–Kier alpha value is -2.11. The molecule has 1 aliphatic carbocycles. The predicted octanol–water partition coefficient (Wildman–Crippen LogP) is 3.05. The summed E-state index contributed by atoms with van der Waals surface area (Å²) in [6.07, 6.45) is 2.12. The smallest absolute Gasteiger partial charge is 0.306 e. The summed E-state index contributed by atoms with van der Waals surface area (Å²) < 4.78 is 18.6. The van der Waals surface area contributed by atoms with E-state index in [1.54, 1.807) is 6.92 Å². The van der Waals surface area contributed by atoms with E-state index in [1.807, 2.05) is 0 Å². The number of aliphatic carboxylic acids is 1. The first-order valence-electron chi connectivity index (χ1n) is 7.47. The second-order valence-corrected chi connectivity index (χ2v) is 5.45. The van der Waals surface area contributed by atoms with Crippen molar-refractivity contribution in [2.45, 2.75) is 32.6 Å². The molecule has 1 aromatic carbocycles. The fraction of sp³-hybridized carbons (Fsp3) is 0.500. The number of benzene rings is 1. The van der Waals surface area contributed by atoms with Crippen molar-refractivity contribution in [2.24, 2.45) is 11.8 Å². The van der Waals surface area contributed by atoms with Gasteiger partial charge in [0.2, 0.25) is 5.91 Å². The summed E-state index contributed by atoms with van der Waals surface area (Å²) in [6, 6.07) is 3.97. The summed E-state index contributed by atoms with van der Waals surface area (Å²) in [5, 5.41) is 11.7. The van der Waals surface area contributed by atoms with Gasteiger partial charge in [0.05, 0.1) is 18.2 Å². The first kappa shape index (κ1) is 16.3. The van der Waals surface area contributed by atoms with Crippen LogP contribution in [0.15, 0.2) is 18.2 Å². The maximum absolute atomic E-state index is 13.2. The van der Waals surface area contributed by atoms with Crippen molar-refractivity contribution >= 4 is 17.6 Å². The molecule has 1 fully saturated rings. The molecule has 120 valence electrons. The van der Waals surface area contributed by atoms with E-state index in [0.717, 1.165) is 0 Å². The monoisotopic (exact) mass is 309 g/mol. The zero-order valence-electron chi connectivity index (χ0n) is 12.5. The van der Waals surface area contributed by atoms with E-state index in [2.05, 4.69) is 5.32 Å². The standard InChI is InChI=1S/C16H20FNO4/c1-2-22-14-9-12(17)7-8-13(14)18-15(19)10-3-5-11(6-4-10)16(20)21/h7-11H,2-6H2,1H3,(H,18,19)(H,20,21). The van der Waals surface area contributed by atoms with E-state index in [-0.39, 0.29) is 17.7 Å². The molecule has 0 saturated heterocycles. The number of ether oxygens (including phenoxy) is 1. The van der Waals surface area contributed by atoms with Gasteiger partial charge in [0.15, 0.2) is 0 Å². The van der Waals surface area contributed by atoms with Crippen molar-refractivity contribution in [2.75, 3.05) is 11.9 Å². The second kappa shape index (κ2) is 7.24. The predicted molar refractivity (Wildman–Crippen MR) is 79.3 cm³/mol. The molecule has 2 N–H and O–H groups in total. The van der Waals surface area contributed by atoms with Crippen LogP contribution >= 0.6 is 0 Å². The molecule has 0 aromatic heterocycles. The average Bonchev–Trinajstić information content (AvgIpc) is 2.50. The van der Waals surface area contributed by atoms with E-state index in [1.165, 1.54) is 18.2 Å². The molecule has 0 spiro atoms. The Balaban J connectivity index is 1.99. The minimum absolute atomic E-state index is 0.170. The van der Waals surface area contributed by atoms with Crippen LogP contribution in [0.2, 0.25) is 0 Å². The van der Waals surface area contributed by atoms with Crippen LogP contribution in [0.1, 0.15) is 32.6 Å². The summed E-state index contributed by atoms with van der Waals surface area (Å²) in [4.78, 5) is 23.2. The van der Waals surface area contributed by atoms with Crippen molar-refractivity contribution in [3.63, 3.8) is 0 Å². The summed E-state index contributed by atoms with van der Waals surface area (Å²) in [6.45, 7) is 2.15. The fourth-order valence-corrected chi connectivity index (χ4v) is 2.71. The third-order valence-corrected chi connectivity index (χ3v) is 3.95. The number of halogens is 1. The lowest BCUT2D eigenvalue weighted by Crippen LogP contribution is -2.29. The van der Waals surface area contributed by atoms with Crippen molar-refractivity contribution in [1.29, 1.82) is 0 Å². The SMILES string of the molecule is CCOc1cc(F)ccc1NC(=O)C1CCC(C(=O)O)CC1. The Morgan fingerprint density at radius 2 is 1.91 bits per heavy atom. The van der Waals surface area contributed by atoms with E-state index in [4.69, 9.17) is 9.84 Å². The highest BCUT2D eigenvalue weighted by molar-refractivity contribution is 5.94. The van der Waals surface area contributed by atoms with E-state index in [0.29, 0.717) is 43.7 Å². The Kier molecular flexibility index (Phi) is 5.35. The summed E-state index contributed by atoms with van der Waals surface area (Å²) in [5.74, 6) is -1.66. The van der Waals surface area contributed by atoms with Gasteiger partial charge < -0.3 is 15.2 Å². The van der Waals surface area contributed by atoms with Gasteiger partial charge in [-0.05, 0) is 44.7 Å². The molecule has 6 heteroatoms. The maximum Gasteiger partial charge on any atom is 0.306 e. The summed E-state index contributed by atoms with van der Waals surface area (Å²) in [5.41, 5.74) is 0.439. The number of amides is 1. The number of hydrogen-bond donors (Lipinski definition) is 2. The molecule has 0 atom stereocenters. The Bertz CT molecular complexity index is 553. The van der Waals surface area contributed by atoms with Crippen LogP contribution in [-0.4, -0.2) is 23.6 Å². The van der Waals surface area contributed by atoms with Crippen LogP contribution in [-0.2, 0) is 9.59 Å². The van der Waals surface area contributed by atoms with Crippen molar-refractivity contribution in [3.8, 4) is 5.75 Å². The number of nitrogens with one attached hydrogen (secondary N) is 1. The molecular formula is C16H20FNO4. The van der Waals surface area contributed by atoms with Gasteiger partial charge in [-0.25, -0.2) is 4.39 Å². The second-order valence-electron chi connectivity index (χ2n) is 5.45. The van der Waals surface area contributed by atoms with Gasteiger partial charge in [0.25, 0.3) is 0 Å². The van der Waals surface area contributed by atoms with Crippen LogP contribution in [0.3, 0.4) is 0 Å². The van der Waals surface area contributed by atoms with Crippen molar-refractivity contribution in [1.82, 2.24) is 0 Å². The first-order chi connectivity index (χ1) is 10.5. The van der Waals surface area contributed by atoms with E-state index >= 15 is 0 Å². The molecule has 2 rings (SSSR count). The molecule has 0 heterocycles. The minimum Gasteiger partial charge on any atom is -0.492 e. The van der Waals surface area contributed by atoms with Crippen LogP contribution in [0.5, 0.6) is 5.75 Å². The number of hydrogen-bond acceptors (Lipinski definition) is 3. The largest absolute Gasteiger partial charge is 0.492 e. The quantitative estimate of drug-likeness (QED) is 0.876. The van der Waals surface area contributed by atoms with E-state index < -0.39 is 11.8 Å². The summed E-state index contributed by atoms with van der Waals surface area (Å²) in [7, 11) is 0. The lowest BCUT2D eigenvalue weighted by atomic mass is 9.81. The van der Waals surface area contributed by atoms with Crippen molar-refractivity contribution in [3.05, 3.63) is 24.0 Å². The van der Waals surface area contributed by atoms with Gasteiger partial charge in [-0.3, -0.25) is 9.59 Å². The van der Waals surface area contributed by atoms with Crippen LogP contribution in [0, 0.1) is 17.7 Å². The van der Waals surface area contributed by atoms with Crippen LogP contribution < -0.4 is 10.1 Å². The zero-order chi connectivity index (χ0) is 16.1. The molecule has 0 bridgehead atoms. The highest BCUT2D eigenvalue weighted by Crippen LogP contribution is 2.31. The lowest BCUT2D eigenvalue weighted by molar-refractivity contribution is -0.143. The molecule has 22 heavy (non-hydrogen) atoms. The third kappa shape index (κ3) is 3.96. The zero-order valence-corrected chi connectivity index (χ0v) is 12.5. The maximum atomic E-state index is 13.2. The van der Waals surface area contributed by atoms with Gasteiger partial charge in [0, 0.05) is 12.0 Å². The highest BCUT2D eigenvalue weighted by atomic mass is 19.1. The molecule has 1 aliphatic rings. The highest BCUT2D eigenvalue weighted by Gasteiger charge is 2.30. The van der Waals surface area contributed by atoms with Gasteiger partial charge >= 0.3 is 5.97 Å². The molecule has 1 saturated carbocycles. The lowest BCUT2D eigenvalue weighted by Gasteiger charge is -2.25. The first-order valence-corrected chi connectivity index (χ1v) is 7.47. The number of rotatable bonds is 5. The molecular weight excluding hydrogens is 289 g/mol. The van der Waals surface area contributed by atoms with E-state index in [9.17, 15) is 14.0 Å². The Labute approximate surface area is 128 Å². The normalized spacial score (nSPS) is 21.2. The van der Waals surface area contributed by atoms with Crippen LogP contribution in [0.4, 0.5) is 10.1 Å². The Morgan fingerprint density at radius 3 is 2.50 bits per heavy atom. The number of carbonyl (C=O) groups is 2. The molecule has 0 unspecified atom stereocenters. The third-order valence-electron chi connectivity index (χ3n) is 3.95. The van der Waals surface area contributed by atoms with Gasteiger partial charge in [-0.2, -0.15) is 0 Å². The Morgan fingerprint density at radius 1 is 1.27 bits per heavy atom. The molecule has 0 aliphatic heterocycles. The number of carbonyl (C=O) groups excluding carboxylic acids is 1. The van der Waals surface area contributed by atoms with Gasteiger partial charge in [-0.1, -0.05) is 0 Å². The molecule has 0 radical (unpaired) electrons. The van der Waals surface area contributed by atoms with Gasteiger partial charge in [-0.15, -0.1) is 0 Å². The molecule has 5 nitrogen and oxygen atoms in total. The van der Waals surface area contributed by atoms with Crippen molar-refractivity contribution < 1.29 is 23.8 Å². The molecule has 1 amide bonds. The number of anilines is 1. The number of carboxylic acid groups (broad SMARTS) is 1. The van der Waals surface area contributed by atoms with Crippen LogP contribution in [0.25, 0.3) is 0 Å². The fourth-order valence-electron chi connectivity index (χ4n) is 2.71. The average molecular weight is 309 g/mol. The minimum atomic E-state index is -0.795. The van der Waals surface area contributed by atoms with Gasteiger partial charge in [0.1, 0.15) is 11.6 Å². The topological polar surface area (TPSA) is 75.6 Å². The summed E-state index contributed by atoms with van der Waals surface area (Å²) >= 11 is 0. The molecule has 1 aromatic rings.